The molecule has 2 heterocycles. The lowest BCUT2D eigenvalue weighted by Gasteiger charge is -2.37. The highest BCUT2D eigenvalue weighted by atomic mass is 32.2. The van der Waals surface area contributed by atoms with Crippen molar-refractivity contribution in [2.75, 3.05) is 44.2 Å². The summed E-state index contributed by atoms with van der Waals surface area (Å²) in [6.07, 6.45) is 0.676. The van der Waals surface area contributed by atoms with E-state index < -0.39 is 9.84 Å². The fourth-order valence-electron chi connectivity index (χ4n) is 4.21. The van der Waals surface area contributed by atoms with Gasteiger partial charge in [-0.2, -0.15) is 0 Å². The molecule has 0 bridgehead atoms. The van der Waals surface area contributed by atoms with Crippen LogP contribution in [0, 0.1) is 0 Å². The van der Waals surface area contributed by atoms with Gasteiger partial charge in [-0.3, -0.25) is 14.5 Å². The summed E-state index contributed by atoms with van der Waals surface area (Å²) in [7, 11) is -2.91. The third kappa shape index (κ3) is 5.32. The maximum atomic E-state index is 12.5. The van der Waals surface area contributed by atoms with Gasteiger partial charge < -0.3 is 10.2 Å². The molecule has 2 aromatic carbocycles. The Labute approximate surface area is 183 Å². The number of amides is 2. The number of carbonyl (C=O) groups is 2. The van der Waals surface area contributed by atoms with Crippen LogP contribution in [0.5, 0.6) is 0 Å². The minimum Gasteiger partial charge on any atom is -0.343 e. The SMILES string of the molecule is O=C(NCC(=O)N1CCN([C@@H]2CCS(=O)(=O)C2)CC1)c1ccc(-c2ccccc2)cc1. The zero-order valence-corrected chi connectivity index (χ0v) is 18.2. The largest absolute Gasteiger partial charge is 0.343 e. The fraction of sp³-hybridized carbons (Fsp3) is 0.391. The van der Waals surface area contributed by atoms with Gasteiger partial charge in [0.1, 0.15) is 0 Å². The topological polar surface area (TPSA) is 86.8 Å². The summed E-state index contributed by atoms with van der Waals surface area (Å²) in [4.78, 5) is 28.8. The van der Waals surface area contributed by atoms with Gasteiger partial charge in [-0.05, 0) is 29.7 Å². The highest BCUT2D eigenvalue weighted by molar-refractivity contribution is 7.91. The Balaban J connectivity index is 1.24. The van der Waals surface area contributed by atoms with Crippen LogP contribution in [-0.2, 0) is 14.6 Å². The molecule has 31 heavy (non-hydrogen) atoms. The highest BCUT2D eigenvalue weighted by Crippen LogP contribution is 2.20. The first kappa shape index (κ1) is 21.5. The molecule has 2 amide bonds. The number of hydrogen-bond acceptors (Lipinski definition) is 5. The lowest BCUT2D eigenvalue weighted by molar-refractivity contribution is -0.132. The standard InChI is InChI=1S/C23H27N3O4S/c27-22(26-13-11-25(12-14-26)21-10-15-31(29,30)17-21)16-24-23(28)20-8-6-19(7-9-20)18-4-2-1-3-5-18/h1-9,21H,10-17H2,(H,24,28)/t21-/m1/s1. The molecule has 0 saturated carbocycles. The highest BCUT2D eigenvalue weighted by Gasteiger charge is 2.34. The Bertz CT molecular complexity index is 1030. The smallest absolute Gasteiger partial charge is 0.251 e. The number of carbonyl (C=O) groups excluding carboxylic acids is 2. The Morgan fingerprint density at radius 1 is 0.903 bits per heavy atom. The molecule has 0 spiro atoms. The van der Waals surface area contributed by atoms with Crippen molar-refractivity contribution < 1.29 is 18.0 Å². The van der Waals surface area contributed by atoms with Crippen LogP contribution >= 0.6 is 0 Å². The fourth-order valence-corrected chi connectivity index (χ4v) is 5.98. The van der Waals surface area contributed by atoms with E-state index >= 15 is 0 Å². The van der Waals surface area contributed by atoms with Crippen LogP contribution in [0.4, 0.5) is 0 Å². The molecule has 164 valence electrons. The van der Waals surface area contributed by atoms with Crippen LogP contribution in [0.2, 0.25) is 0 Å². The van der Waals surface area contributed by atoms with Crippen LogP contribution in [0.3, 0.4) is 0 Å². The number of piperazine rings is 1. The first-order valence-electron chi connectivity index (χ1n) is 10.6. The summed E-state index contributed by atoms with van der Waals surface area (Å²) in [5.41, 5.74) is 2.62. The van der Waals surface area contributed by atoms with Crippen molar-refractivity contribution in [2.24, 2.45) is 0 Å². The zero-order chi connectivity index (χ0) is 21.8. The van der Waals surface area contributed by atoms with E-state index in [1.807, 2.05) is 42.5 Å². The van der Waals surface area contributed by atoms with Gasteiger partial charge in [0.2, 0.25) is 5.91 Å². The molecule has 2 fully saturated rings. The number of nitrogens with zero attached hydrogens (tertiary/aromatic N) is 2. The van der Waals surface area contributed by atoms with Gasteiger partial charge in [-0.25, -0.2) is 8.42 Å². The number of benzene rings is 2. The number of sulfone groups is 1. The van der Waals surface area contributed by atoms with Gasteiger partial charge in [0.05, 0.1) is 18.1 Å². The van der Waals surface area contributed by atoms with Crippen LogP contribution in [0.25, 0.3) is 11.1 Å². The normalized spacial score (nSPS) is 21.0. The molecule has 7 nitrogen and oxygen atoms in total. The predicted molar refractivity (Wildman–Crippen MR) is 119 cm³/mol. The molecule has 0 aliphatic carbocycles. The van der Waals surface area contributed by atoms with Crippen molar-refractivity contribution in [2.45, 2.75) is 12.5 Å². The number of hydrogen-bond donors (Lipinski definition) is 1. The lowest BCUT2D eigenvalue weighted by Crippen LogP contribution is -2.53. The van der Waals surface area contributed by atoms with Gasteiger partial charge in [-0.1, -0.05) is 42.5 Å². The lowest BCUT2D eigenvalue weighted by atomic mass is 10.0. The van der Waals surface area contributed by atoms with Crippen LogP contribution in [0.15, 0.2) is 54.6 Å². The molecular formula is C23H27N3O4S. The average molecular weight is 442 g/mol. The minimum atomic E-state index is -2.91. The number of rotatable bonds is 5. The zero-order valence-electron chi connectivity index (χ0n) is 17.4. The maximum absolute atomic E-state index is 12.5. The van der Waals surface area contributed by atoms with Gasteiger partial charge in [-0.15, -0.1) is 0 Å². The van der Waals surface area contributed by atoms with E-state index in [4.69, 9.17) is 0 Å². The average Bonchev–Trinajstić information content (AvgIpc) is 3.17. The second kappa shape index (κ2) is 9.20. The molecule has 0 unspecified atom stereocenters. The van der Waals surface area contributed by atoms with Crippen LogP contribution in [-0.4, -0.2) is 80.3 Å². The molecular weight excluding hydrogens is 414 g/mol. The minimum absolute atomic E-state index is 0.0446. The van der Waals surface area contributed by atoms with Gasteiger partial charge in [0.15, 0.2) is 9.84 Å². The summed E-state index contributed by atoms with van der Waals surface area (Å²) < 4.78 is 23.4. The van der Waals surface area contributed by atoms with E-state index in [0.717, 1.165) is 11.1 Å². The second-order valence-electron chi connectivity index (χ2n) is 8.10. The van der Waals surface area contributed by atoms with Gasteiger partial charge in [0, 0.05) is 37.8 Å². The summed E-state index contributed by atoms with van der Waals surface area (Å²) in [5, 5.41) is 2.71. The summed E-state index contributed by atoms with van der Waals surface area (Å²) >= 11 is 0. The van der Waals surface area contributed by atoms with E-state index in [1.165, 1.54) is 0 Å². The van der Waals surface area contributed by atoms with Crippen molar-refractivity contribution in [3.05, 3.63) is 60.2 Å². The van der Waals surface area contributed by atoms with Crippen LogP contribution in [0.1, 0.15) is 16.8 Å². The Kier molecular flexibility index (Phi) is 6.38. The maximum Gasteiger partial charge on any atom is 0.251 e. The quantitative estimate of drug-likeness (QED) is 0.758. The van der Waals surface area contributed by atoms with Crippen molar-refractivity contribution >= 4 is 21.7 Å². The Hall–Kier alpha value is -2.71. The Morgan fingerprint density at radius 3 is 2.16 bits per heavy atom. The second-order valence-corrected chi connectivity index (χ2v) is 10.3. The van der Waals surface area contributed by atoms with Gasteiger partial charge >= 0.3 is 0 Å². The molecule has 2 saturated heterocycles. The first-order chi connectivity index (χ1) is 14.9. The predicted octanol–water partition coefficient (Wildman–Crippen LogP) is 1.41. The van der Waals surface area contributed by atoms with Crippen molar-refractivity contribution in [1.29, 1.82) is 0 Å². The Morgan fingerprint density at radius 2 is 1.55 bits per heavy atom. The third-order valence-electron chi connectivity index (χ3n) is 6.05. The van der Waals surface area contributed by atoms with Crippen molar-refractivity contribution in [3.63, 3.8) is 0 Å². The van der Waals surface area contributed by atoms with E-state index in [0.29, 0.717) is 38.2 Å². The third-order valence-corrected chi connectivity index (χ3v) is 7.80. The van der Waals surface area contributed by atoms with E-state index in [2.05, 4.69) is 10.2 Å². The van der Waals surface area contributed by atoms with E-state index in [9.17, 15) is 18.0 Å². The molecule has 2 aromatic rings. The molecule has 8 heteroatoms. The molecule has 0 radical (unpaired) electrons. The van der Waals surface area contributed by atoms with E-state index in [-0.39, 0.29) is 35.9 Å². The summed E-state index contributed by atoms with van der Waals surface area (Å²) in [6.45, 7) is 2.40. The molecule has 4 rings (SSSR count). The summed E-state index contributed by atoms with van der Waals surface area (Å²) in [6, 6.07) is 17.3. The van der Waals surface area contributed by atoms with Crippen LogP contribution < -0.4 is 5.32 Å². The van der Waals surface area contributed by atoms with Crippen molar-refractivity contribution in [1.82, 2.24) is 15.1 Å². The number of nitrogens with one attached hydrogen (secondary N) is 1. The molecule has 1 atom stereocenters. The van der Waals surface area contributed by atoms with E-state index in [1.54, 1.807) is 17.0 Å². The molecule has 2 aliphatic heterocycles. The van der Waals surface area contributed by atoms with Gasteiger partial charge in [0.25, 0.3) is 5.91 Å². The molecule has 1 N–H and O–H groups in total. The first-order valence-corrected chi connectivity index (χ1v) is 12.4. The monoisotopic (exact) mass is 441 g/mol. The molecule has 2 aliphatic rings. The molecule has 0 aromatic heterocycles. The summed E-state index contributed by atoms with van der Waals surface area (Å²) in [5.74, 6) is 0.0885. The van der Waals surface area contributed by atoms with Crippen molar-refractivity contribution in [3.8, 4) is 11.1 Å².